The number of hydrogen-bond acceptors (Lipinski definition) is 9. The number of aliphatic carboxylic acids is 1. The number of methoxy groups -OCH3 is 1. The van der Waals surface area contributed by atoms with Crippen molar-refractivity contribution in [1.82, 2.24) is 10.6 Å². The van der Waals surface area contributed by atoms with E-state index < -0.39 is 63.6 Å². The lowest BCUT2D eigenvalue weighted by Gasteiger charge is -2.32. The minimum Gasteiger partial charge on any atom is -0.496 e. The molecule has 0 aromatic heterocycles. The molecule has 0 fully saturated rings. The fraction of sp³-hybridized carbons (Fsp3) is 0.344. The fourth-order valence-electron chi connectivity index (χ4n) is 5.16. The van der Waals surface area contributed by atoms with E-state index in [1.807, 2.05) is 30.3 Å². The van der Waals surface area contributed by atoms with Gasteiger partial charge in [-0.05, 0) is 68.1 Å². The molecule has 3 aromatic carbocycles. The number of nitriles is 1. The van der Waals surface area contributed by atoms with Gasteiger partial charge in [0, 0.05) is 16.3 Å². The van der Waals surface area contributed by atoms with Gasteiger partial charge in [-0.2, -0.15) is 18.4 Å². The van der Waals surface area contributed by atoms with Crippen molar-refractivity contribution in [2.24, 2.45) is 0 Å². The SMILES string of the molecule is CN[C@@H](C)C(=O)N[C@@H]1C(=O)N(Cc2c(OC)ccc3c(Br)cccc23)c2ccc(C#N)cc2N(C(=O)CS(C)(=O)=O)[C@H]1C.O=C(O)C(F)(F)F. The van der Waals surface area contributed by atoms with Crippen molar-refractivity contribution >= 4 is 71.6 Å². The number of carbonyl (C=O) groups is 4. The van der Waals surface area contributed by atoms with Crippen molar-refractivity contribution in [2.45, 2.75) is 44.7 Å². The van der Waals surface area contributed by atoms with E-state index in [-0.39, 0.29) is 23.5 Å². The first-order chi connectivity index (χ1) is 23.2. The Balaban J connectivity index is 0.000000872. The summed E-state index contributed by atoms with van der Waals surface area (Å²) in [6, 6.07) is 13.0. The van der Waals surface area contributed by atoms with Crippen molar-refractivity contribution in [3.63, 3.8) is 0 Å². The number of carboxylic acid groups (broad SMARTS) is 1. The molecule has 0 saturated heterocycles. The molecule has 268 valence electrons. The third kappa shape index (κ3) is 9.08. The highest BCUT2D eigenvalue weighted by Crippen LogP contribution is 2.40. The van der Waals surface area contributed by atoms with Gasteiger partial charge in [0.05, 0.1) is 48.7 Å². The summed E-state index contributed by atoms with van der Waals surface area (Å²) in [5.41, 5.74) is 1.31. The number of ether oxygens (including phenoxy) is 1. The van der Waals surface area contributed by atoms with Crippen molar-refractivity contribution in [3.8, 4) is 11.8 Å². The Morgan fingerprint density at radius 3 is 2.30 bits per heavy atom. The van der Waals surface area contributed by atoms with Gasteiger partial charge in [-0.1, -0.05) is 28.1 Å². The Labute approximate surface area is 294 Å². The third-order valence-corrected chi connectivity index (χ3v) is 9.17. The van der Waals surface area contributed by atoms with Gasteiger partial charge in [0.25, 0.3) is 5.91 Å². The van der Waals surface area contributed by atoms with Crippen molar-refractivity contribution in [3.05, 3.63) is 64.1 Å². The first-order valence-corrected chi connectivity index (χ1v) is 17.5. The molecule has 3 amide bonds. The molecule has 0 saturated carbocycles. The molecule has 1 heterocycles. The van der Waals surface area contributed by atoms with Crippen LogP contribution in [-0.4, -0.2) is 87.7 Å². The van der Waals surface area contributed by atoms with E-state index in [0.717, 1.165) is 21.5 Å². The van der Waals surface area contributed by atoms with E-state index in [0.29, 0.717) is 11.3 Å². The standard InChI is InChI=1S/C30H32BrN5O6S.C2HF3O2/c1-17(33-3)29(38)34-28-18(2)36(27(37)16-43(5,40)41)25-13-19(14-32)9-11-24(25)35(30(28)39)15-22-20-7-6-8-23(31)21(20)10-12-26(22)42-4;3-2(4,5)1(6)7/h6-13,17-18,28,33H,15-16H2,1-5H3,(H,34,38);(H,6,7)/t17-,18-,28-;/m0./s1. The number of sulfone groups is 1. The molecule has 3 aromatic rings. The van der Waals surface area contributed by atoms with E-state index >= 15 is 0 Å². The highest BCUT2D eigenvalue weighted by molar-refractivity contribution is 9.10. The molecule has 13 nitrogen and oxygen atoms in total. The number of nitrogens with one attached hydrogen (secondary N) is 2. The van der Waals surface area contributed by atoms with Crippen molar-refractivity contribution < 1.29 is 50.6 Å². The first kappa shape index (κ1) is 39.7. The molecule has 1 aliphatic heterocycles. The van der Waals surface area contributed by atoms with Gasteiger partial charge in [-0.3, -0.25) is 14.4 Å². The van der Waals surface area contributed by atoms with E-state index in [1.54, 1.807) is 33.0 Å². The first-order valence-electron chi connectivity index (χ1n) is 14.6. The smallest absolute Gasteiger partial charge is 0.490 e. The number of hydrogen-bond donors (Lipinski definition) is 3. The number of carbonyl (C=O) groups excluding carboxylic acids is 3. The number of benzene rings is 3. The summed E-state index contributed by atoms with van der Waals surface area (Å²) in [6.07, 6.45) is -4.14. The molecule has 0 radical (unpaired) electrons. The summed E-state index contributed by atoms with van der Waals surface area (Å²) in [7, 11) is -0.648. The molecule has 3 N–H and O–H groups in total. The normalized spacial score (nSPS) is 16.7. The predicted octanol–water partition coefficient (Wildman–Crippen LogP) is 3.52. The molecule has 0 spiro atoms. The molecule has 0 aliphatic carbocycles. The quantitative estimate of drug-likeness (QED) is 0.305. The number of nitrogens with zero attached hydrogens (tertiary/aromatic N) is 3. The molecule has 18 heteroatoms. The second-order valence-electron chi connectivity index (χ2n) is 11.2. The second kappa shape index (κ2) is 15.9. The van der Waals surface area contributed by atoms with Crippen LogP contribution in [-0.2, 0) is 35.6 Å². The zero-order valence-electron chi connectivity index (χ0n) is 27.3. The van der Waals surface area contributed by atoms with Gasteiger partial charge in [0.1, 0.15) is 17.5 Å². The molecule has 4 rings (SSSR count). The fourth-order valence-corrected chi connectivity index (χ4v) is 6.25. The number of fused-ring (bicyclic) bond motifs is 2. The van der Waals surface area contributed by atoms with Gasteiger partial charge in [0.2, 0.25) is 11.8 Å². The monoisotopic (exact) mass is 783 g/mol. The van der Waals surface area contributed by atoms with E-state index in [2.05, 4.69) is 26.6 Å². The highest BCUT2D eigenvalue weighted by atomic mass is 79.9. The lowest BCUT2D eigenvalue weighted by atomic mass is 10.0. The van der Waals surface area contributed by atoms with Crippen LogP contribution in [0.25, 0.3) is 10.8 Å². The zero-order chi connectivity index (χ0) is 37.7. The van der Waals surface area contributed by atoms with Crippen LogP contribution in [0.4, 0.5) is 24.5 Å². The minimum absolute atomic E-state index is 0.0243. The molecule has 50 heavy (non-hydrogen) atoms. The second-order valence-corrected chi connectivity index (χ2v) is 14.2. The largest absolute Gasteiger partial charge is 0.496 e. The number of halogens is 4. The number of amides is 3. The van der Waals surface area contributed by atoms with E-state index in [4.69, 9.17) is 14.6 Å². The summed E-state index contributed by atoms with van der Waals surface area (Å²) in [4.78, 5) is 52.7. The summed E-state index contributed by atoms with van der Waals surface area (Å²) < 4.78 is 62.7. The van der Waals surface area contributed by atoms with Crippen LogP contribution in [0, 0.1) is 11.3 Å². The van der Waals surface area contributed by atoms with Gasteiger partial charge in [-0.25, -0.2) is 13.2 Å². The number of carboxylic acids is 1. The predicted molar refractivity (Wildman–Crippen MR) is 181 cm³/mol. The highest BCUT2D eigenvalue weighted by Gasteiger charge is 2.43. The zero-order valence-corrected chi connectivity index (χ0v) is 29.7. The average molecular weight is 785 g/mol. The Kier molecular flexibility index (Phi) is 12.6. The van der Waals surface area contributed by atoms with Crippen LogP contribution >= 0.6 is 15.9 Å². The lowest BCUT2D eigenvalue weighted by Crippen LogP contribution is -2.60. The van der Waals surface area contributed by atoms with Crippen LogP contribution < -0.4 is 25.2 Å². The maximum atomic E-state index is 14.5. The summed E-state index contributed by atoms with van der Waals surface area (Å²) in [6.45, 7) is 3.16. The number of anilines is 2. The Morgan fingerprint density at radius 1 is 1.12 bits per heavy atom. The van der Waals surface area contributed by atoms with Crippen LogP contribution in [0.2, 0.25) is 0 Å². The Bertz CT molecular complexity index is 1970. The van der Waals surface area contributed by atoms with Gasteiger partial charge < -0.3 is 30.3 Å². The Morgan fingerprint density at radius 2 is 1.76 bits per heavy atom. The summed E-state index contributed by atoms with van der Waals surface area (Å²) in [5.74, 6) is -4.89. The minimum atomic E-state index is -5.08. The summed E-state index contributed by atoms with van der Waals surface area (Å²) >= 11 is 3.58. The Hall–Kier alpha value is -4.73. The number of rotatable bonds is 8. The molecule has 0 unspecified atom stereocenters. The van der Waals surface area contributed by atoms with Crippen LogP contribution in [0.1, 0.15) is 25.0 Å². The summed E-state index contributed by atoms with van der Waals surface area (Å²) in [5, 5.41) is 24.1. The van der Waals surface area contributed by atoms with Crippen LogP contribution in [0.3, 0.4) is 0 Å². The van der Waals surface area contributed by atoms with E-state index in [1.165, 1.54) is 29.0 Å². The molecular weight excluding hydrogens is 751 g/mol. The third-order valence-electron chi connectivity index (χ3n) is 7.71. The maximum Gasteiger partial charge on any atom is 0.490 e. The van der Waals surface area contributed by atoms with Gasteiger partial charge in [0.15, 0.2) is 9.84 Å². The van der Waals surface area contributed by atoms with E-state index in [9.17, 15) is 41.2 Å². The van der Waals surface area contributed by atoms with Gasteiger partial charge in [-0.15, -0.1) is 0 Å². The maximum absolute atomic E-state index is 14.5. The molecular formula is C32H33BrF3N5O8S. The van der Waals surface area contributed by atoms with Gasteiger partial charge >= 0.3 is 12.1 Å². The lowest BCUT2D eigenvalue weighted by molar-refractivity contribution is -0.192. The van der Waals surface area contributed by atoms with Crippen LogP contribution in [0.15, 0.2) is 53.0 Å². The number of alkyl halides is 3. The van der Waals surface area contributed by atoms with Crippen LogP contribution in [0.5, 0.6) is 5.75 Å². The molecule has 1 aliphatic rings. The average Bonchev–Trinajstić information content (AvgIpc) is 3.11. The van der Waals surface area contributed by atoms with Crippen molar-refractivity contribution in [1.29, 1.82) is 5.26 Å². The number of likely N-dealkylation sites (N-methyl/N-ethyl adjacent to an activating group) is 1. The topological polar surface area (TPSA) is 186 Å². The molecule has 3 atom stereocenters. The molecule has 0 bridgehead atoms. The van der Waals surface area contributed by atoms with Crippen molar-refractivity contribution in [2.75, 3.05) is 36.0 Å².